The molecule has 4 rings (SSSR count). The molecule has 1 amide bonds. The van der Waals surface area contributed by atoms with Gasteiger partial charge in [-0.15, -0.1) is 0 Å². The minimum absolute atomic E-state index is 0.174. The zero-order chi connectivity index (χ0) is 17.4. The maximum Gasteiger partial charge on any atom is 0.235 e. The van der Waals surface area contributed by atoms with Crippen LogP contribution in [0.5, 0.6) is 0 Å². The smallest absolute Gasteiger partial charge is 0.235 e. The topological polar surface area (TPSA) is 46.3 Å². The number of benzene rings is 1. The fourth-order valence-electron chi connectivity index (χ4n) is 3.96. The lowest BCUT2D eigenvalue weighted by Gasteiger charge is -2.37. The van der Waals surface area contributed by atoms with Gasteiger partial charge in [-0.2, -0.15) is 0 Å². The normalized spacial score (nSPS) is 22.0. The van der Waals surface area contributed by atoms with Gasteiger partial charge in [0.25, 0.3) is 0 Å². The Kier molecular flexibility index (Phi) is 4.10. The van der Waals surface area contributed by atoms with Crippen molar-refractivity contribution >= 4 is 5.91 Å². The molecule has 1 saturated heterocycles. The van der Waals surface area contributed by atoms with Gasteiger partial charge in [-0.05, 0) is 50.7 Å². The van der Waals surface area contributed by atoms with Crippen molar-refractivity contribution in [3.8, 4) is 11.3 Å². The average molecular weight is 342 g/mol. The lowest BCUT2D eigenvalue weighted by atomic mass is 9.94. The van der Waals surface area contributed by atoms with E-state index in [1.165, 1.54) is 12.5 Å². The first-order valence-corrected chi connectivity index (χ1v) is 9.19. The molecule has 1 aliphatic heterocycles. The summed E-state index contributed by atoms with van der Waals surface area (Å²) in [6.45, 7) is 2.97. The summed E-state index contributed by atoms with van der Waals surface area (Å²) in [5.74, 6) is 0.216. The maximum absolute atomic E-state index is 14.0. The number of hydrogen-bond acceptors (Lipinski definition) is 3. The minimum Gasteiger partial charge on any atom is -0.356 e. The van der Waals surface area contributed by atoms with Crippen LogP contribution in [0, 0.1) is 5.82 Å². The molecule has 1 atom stereocenters. The van der Waals surface area contributed by atoms with E-state index in [4.69, 9.17) is 4.52 Å². The number of piperidine rings is 1. The Morgan fingerprint density at radius 2 is 2.16 bits per heavy atom. The Bertz CT molecular complexity index is 782. The summed E-state index contributed by atoms with van der Waals surface area (Å²) in [5.41, 5.74) is 0.475. The summed E-state index contributed by atoms with van der Waals surface area (Å²) in [4.78, 5) is 15.3. The molecule has 0 bridgehead atoms. The van der Waals surface area contributed by atoms with E-state index in [1.807, 2.05) is 4.90 Å². The molecule has 25 heavy (non-hydrogen) atoms. The van der Waals surface area contributed by atoms with Gasteiger partial charge in [0.05, 0.1) is 16.7 Å². The fraction of sp³-hybridized carbons (Fsp3) is 0.500. The first kappa shape index (κ1) is 16.3. The molecule has 2 fully saturated rings. The number of likely N-dealkylation sites (tertiary alicyclic amines) is 1. The third kappa shape index (κ3) is 2.75. The molecule has 1 unspecified atom stereocenters. The number of halogens is 1. The van der Waals surface area contributed by atoms with E-state index in [0.29, 0.717) is 23.1 Å². The van der Waals surface area contributed by atoms with Gasteiger partial charge in [-0.25, -0.2) is 4.39 Å². The van der Waals surface area contributed by atoms with E-state index in [1.54, 1.807) is 24.3 Å². The third-order valence-electron chi connectivity index (χ3n) is 5.66. The summed E-state index contributed by atoms with van der Waals surface area (Å²) in [7, 11) is 0. The zero-order valence-electron chi connectivity index (χ0n) is 14.5. The van der Waals surface area contributed by atoms with Gasteiger partial charge in [0.15, 0.2) is 5.76 Å². The average Bonchev–Trinajstić information content (AvgIpc) is 3.31. The standard InChI is InChI=1S/C20H23FN2O2/c1-2-14-7-5-6-12-23(14)19(24)20(10-11-20)18-13-17(25-22-18)15-8-3-4-9-16(15)21/h3-4,8-9,13-14H,2,5-7,10-12H2,1H3. The van der Waals surface area contributed by atoms with E-state index < -0.39 is 5.41 Å². The highest BCUT2D eigenvalue weighted by molar-refractivity contribution is 5.91. The van der Waals surface area contributed by atoms with Gasteiger partial charge in [0.2, 0.25) is 5.91 Å². The maximum atomic E-state index is 14.0. The van der Waals surface area contributed by atoms with Crippen molar-refractivity contribution in [3.63, 3.8) is 0 Å². The van der Waals surface area contributed by atoms with E-state index in [0.717, 1.165) is 38.6 Å². The van der Waals surface area contributed by atoms with Crippen molar-refractivity contribution in [2.45, 2.75) is 56.9 Å². The van der Waals surface area contributed by atoms with Crippen LogP contribution in [0.2, 0.25) is 0 Å². The first-order valence-electron chi connectivity index (χ1n) is 9.19. The molecule has 2 aromatic rings. The number of hydrogen-bond donors (Lipinski definition) is 0. The number of aromatic nitrogens is 1. The molecule has 1 saturated carbocycles. The third-order valence-corrected chi connectivity index (χ3v) is 5.66. The van der Waals surface area contributed by atoms with Gasteiger partial charge in [-0.3, -0.25) is 4.79 Å². The van der Waals surface area contributed by atoms with Crippen LogP contribution in [-0.4, -0.2) is 28.6 Å². The zero-order valence-corrected chi connectivity index (χ0v) is 14.5. The van der Waals surface area contributed by atoms with Crippen LogP contribution in [-0.2, 0) is 10.2 Å². The molecule has 0 N–H and O–H groups in total. The van der Waals surface area contributed by atoms with Gasteiger partial charge < -0.3 is 9.42 Å². The van der Waals surface area contributed by atoms with Gasteiger partial charge >= 0.3 is 0 Å². The highest BCUT2D eigenvalue weighted by Gasteiger charge is 2.56. The molecule has 0 spiro atoms. The summed E-state index contributed by atoms with van der Waals surface area (Å²) < 4.78 is 19.4. The van der Waals surface area contributed by atoms with E-state index >= 15 is 0 Å². The van der Waals surface area contributed by atoms with Crippen LogP contribution in [0.1, 0.15) is 51.1 Å². The highest BCUT2D eigenvalue weighted by Crippen LogP contribution is 2.50. The molecule has 2 aliphatic rings. The molecular formula is C20H23FN2O2. The second-order valence-electron chi connectivity index (χ2n) is 7.19. The SMILES string of the molecule is CCC1CCCCN1C(=O)C1(c2cc(-c3ccccc3F)on2)CC1. The summed E-state index contributed by atoms with van der Waals surface area (Å²) in [5, 5.41) is 4.15. The summed E-state index contributed by atoms with van der Waals surface area (Å²) >= 11 is 0. The Hall–Kier alpha value is -2.17. The summed E-state index contributed by atoms with van der Waals surface area (Å²) in [6.07, 6.45) is 5.91. The highest BCUT2D eigenvalue weighted by atomic mass is 19.1. The van der Waals surface area contributed by atoms with Gasteiger partial charge in [0, 0.05) is 18.7 Å². The molecule has 1 aromatic heterocycles. The number of nitrogens with zero attached hydrogens (tertiary/aromatic N) is 2. The van der Waals surface area contributed by atoms with Crippen LogP contribution in [0.3, 0.4) is 0 Å². The predicted octanol–water partition coefficient (Wildman–Crippen LogP) is 4.30. The van der Waals surface area contributed by atoms with Crippen molar-refractivity contribution in [2.24, 2.45) is 0 Å². The van der Waals surface area contributed by atoms with Crippen molar-refractivity contribution < 1.29 is 13.7 Å². The quantitative estimate of drug-likeness (QED) is 0.832. The molecule has 132 valence electrons. The fourth-order valence-corrected chi connectivity index (χ4v) is 3.96. The minimum atomic E-state index is -0.558. The van der Waals surface area contributed by atoms with Crippen molar-refractivity contribution in [1.82, 2.24) is 10.1 Å². The van der Waals surface area contributed by atoms with Crippen LogP contribution in [0.4, 0.5) is 4.39 Å². The first-order chi connectivity index (χ1) is 12.2. The van der Waals surface area contributed by atoms with E-state index in [2.05, 4.69) is 12.1 Å². The van der Waals surface area contributed by atoms with Crippen molar-refractivity contribution in [3.05, 3.63) is 41.8 Å². The molecule has 1 aliphatic carbocycles. The van der Waals surface area contributed by atoms with Crippen molar-refractivity contribution in [2.75, 3.05) is 6.54 Å². The number of rotatable bonds is 4. The monoisotopic (exact) mass is 342 g/mol. The summed E-state index contributed by atoms with van der Waals surface area (Å²) in [6, 6.07) is 8.54. The number of amides is 1. The second-order valence-corrected chi connectivity index (χ2v) is 7.19. The number of carbonyl (C=O) groups is 1. The lowest BCUT2D eigenvalue weighted by molar-refractivity contribution is -0.138. The van der Waals surface area contributed by atoms with Crippen LogP contribution in [0.25, 0.3) is 11.3 Å². The van der Waals surface area contributed by atoms with E-state index in [9.17, 15) is 9.18 Å². The molecule has 5 heteroatoms. The van der Waals surface area contributed by atoms with Crippen LogP contribution >= 0.6 is 0 Å². The molecular weight excluding hydrogens is 319 g/mol. The van der Waals surface area contributed by atoms with Crippen LogP contribution < -0.4 is 0 Å². The van der Waals surface area contributed by atoms with E-state index in [-0.39, 0.29) is 11.7 Å². The number of carbonyl (C=O) groups excluding carboxylic acids is 1. The van der Waals surface area contributed by atoms with Crippen LogP contribution in [0.15, 0.2) is 34.9 Å². The van der Waals surface area contributed by atoms with Gasteiger partial charge in [-0.1, -0.05) is 24.2 Å². The molecule has 1 aromatic carbocycles. The predicted molar refractivity (Wildman–Crippen MR) is 92.5 cm³/mol. The van der Waals surface area contributed by atoms with Gasteiger partial charge in [0.1, 0.15) is 5.82 Å². The largest absolute Gasteiger partial charge is 0.356 e. The Morgan fingerprint density at radius 3 is 2.88 bits per heavy atom. The Labute approximate surface area is 147 Å². The Balaban J connectivity index is 1.61. The molecule has 0 radical (unpaired) electrons. The second kappa shape index (κ2) is 6.28. The Morgan fingerprint density at radius 1 is 1.36 bits per heavy atom. The lowest BCUT2D eigenvalue weighted by Crippen LogP contribution is -2.48. The molecule has 2 heterocycles. The molecule has 4 nitrogen and oxygen atoms in total. The van der Waals surface area contributed by atoms with Crippen molar-refractivity contribution in [1.29, 1.82) is 0 Å².